The Labute approximate surface area is 302 Å². The van der Waals surface area contributed by atoms with E-state index in [-0.39, 0.29) is 31.1 Å². The van der Waals surface area contributed by atoms with Crippen LogP contribution in [0.15, 0.2) is 48.7 Å². The molecule has 4 aromatic rings. The van der Waals surface area contributed by atoms with Crippen molar-refractivity contribution in [3.63, 3.8) is 0 Å². The number of nitrogens with zero attached hydrogens (tertiary/aromatic N) is 5. The zero-order valence-electron chi connectivity index (χ0n) is 30.2. The van der Waals surface area contributed by atoms with Gasteiger partial charge in [-0.1, -0.05) is 31.2 Å². The minimum absolute atomic E-state index is 0.143. The number of hydrogen-bond acceptors (Lipinski definition) is 7. The molecule has 4 heterocycles. The van der Waals surface area contributed by atoms with Gasteiger partial charge in [0.15, 0.2) is 5.65 Å². The van der Waals surface area contributed by atoms with Crippen LogP contribution < -0.4 is 10.6 Å². The molecule has 13 heteroatoms. The second-order valence-corrected chi connectivity index (χ2v) is 13.9. The zero-order chi connectivity index (χ0) is 36.8. The van der Waals surface area contributed by atoms with E-state index < -0.39 is 17.9 Å². The molecule has 6 rings (SSSR count). The number of fused-ring (bicyclic) bond motifs is 1. The van der Waals surface area contributed by atoms with Crippen LogP contribution in [-0.4, -0.2) is 88.1 Å². The topological polar surface area (TPSA) is 87.6 Å². The van der Waals surface area contributed by atoms with Crippen molar-refractivity contribution in [2.24, 2.45) is 0 Å². The Bertz CT molecular complexity index is 1840. The normalized spacial score (nSPS) is 17.5. The van der Waals surface area contributed by atoms with Gasteiger partial charge in [0.25, 0.3) is 0 Å². The first kappa shape index (κ1) is 37.7. The first-order valence-corrected chi connectivity index (χ1v) is 18.4. The van der Waals surface area contributed by atoms with Gasteiger partial charge in [-0.15, -0.1) is 0 Å². The monoisotopic (exact) mass is 723 g/mol. The number of nitrogens with one attached hydrogen (secondary N) is 2. The van der Waals surface area contributed by atoms with E-state index in [0.29, 0.717) is 56.3 Å². The maximum atomic E-state index is 15.3. The lowest BCUT2D eigenvalue weighted by atomic mass is 9.99. The number of benzene rings is 2. The fourth-order valence-electron chi connectivity index (χ4n) is 7.42. The van der Waals surface area contributed by atoms with Crippen LogP contribution in [0.25, 0.3) is 22.2 Å². The van der Waals surface area contributed by atoms with Crippen molar-refractivity contribution in [2.75, 3.05) is 44.7 Å². The first-order chi connectivity index (χ1) is 25.0. The number of alkyl halides is 3. The summed E-state index contributed by atoms with van der Waals surface area (Å²) in [4.78, 5) is 20.9. The summed E-state index contributed by atoms with van der Waals surface area (Å²) in [7, 11) is 0. The molecule has 2 fully saturated rings. The molecule has 2 aromatic heterocycles. The number of piperazine rings is 1. The number of anilines is 1. The summed E-state index contributed by atoms with van der Waals surface area (Å²) in [6, 6.07) is 12.4. The number of ether oxygens (including phenoxy) is 1. The molecule has 2 saturated heterocycles. The van der Waals surface area contributed by atoms with Crippen molar-refractivity contribution in [1.82, 2.24) is 29.9 Å². The molecule has 2 N–H and O–H groups in total. The van der Waals surface area contributed by atoms with Crippen molar-refractivity contribution in [3.05, 3.63) is 76.9 Å². The van der Waals surface area contributed by atoms with E-state index >= 15 is 4.39 Å². The quantitative estimate of drug-likeness (QED) is 0.148. The third-order valence-electron chi connectivity index (χ3n) is 10.1. The molecule has 0 saturated carbocycles. The highest BCUT2D eigenvalue weighted by Gasteiger charge is 2.42. The van der Waals surface area contributed by atoms with Gasteiger partial charge in [0, 0.05) is 82.4 Å². The molecule has 0 aliphatic carbocycles. The van der Waals surface area contributed by atoms with Crippen LogP contribution in [0, 0.1) is 5.82 Å². The third kappa shape index (κ3) is 8.92. The number of hydrogen-bond donors (Lipinski definition) is 2. The molecule has 0 unspecified atom stereocenters. The van der Waals surface area contributed by atoms with Crippen LogP contribution in [0.4, 0.5) is 23.2 Å². The Hall–Kier alpha value is -4.07. The minimum atomic E-state index is -5.06. The summed E-state index contributed by atoms with van der Waals surface area (Å²) >= 11 is 0. The lowest BCUT2D eigenvalue weighted by molar-refractivity contribution is -0.186. The SMILES string of the molecule is CCc1nc2c(cnn2CC)c(NC2CCOCC2)c1CCCN(Cc1ccc(F)c(-c2cccc(CN3CCN[C@@H](C)C3)c2)c1)C(=O)C(F)(F)F. The van der Waals surface area contributed by atoms with Crippen molar-refractivity contribution >= 4 is 22.6 Å². The highest BCUT2D eigenvalue weighted by molar-refractivity contribution is 5.91. The van der Waals surface area contributed by atoms with Crippen LogP contribution in [0.2, 0.25) is 0 Å². The highest BCUT2D eigenvalue weighted by atomic mass is 19.4. The second kappa shape index (κ2) is 16.7. The van der Waals surface area contributed by atoms with Crippen molar-refractivity contribution in [3.8, 4) is 11.1 Å². The largest absolute Gasteiger partial charge is 0.471 e. The van der Waals surface area contributed by atoms with Gasteiger partial charge in [0.2, 0.25) is 0 Å². The van der Waals surface area contributed by atoms with E-state index in [4.69, 9.17) is 9.72 Å². The summed E-state index contributed by atoms with van der Waals surface area (Å²) in [6.07, 6.45) is -0.292. The Morgan fingerprint density at radius 1 is 1.12 bits per heavy atom. The molecule has 0 radical (unpaired) electrons. The van der Waals surface area contributed by atoms with Gasteiger partial charge in [-0.05, 0) is 86.4 Å². The number of rotatable bonds is 13. The van der Waals surface area contributed by atoms with E-state index in [1.54, 1.807) is 18.3 Å². The van der Waals surface area contributed by atoms with Crippen LogP contribution in [0.1, 0.15) is 62.4 Å². The van der Waals surface area contributed by atoms with Crippen LogP contribution >= 0.6 is 0 Å². The molecule has 9 nitrogen and oxygen atoms in total. The van der Waals surface area contributed by atoms with Gasteiger partial charge in [-0.3, -0.25) is 9.69 Å². The van der Waals surface area contributed by atoms with Crippen LogP contribution in [-0.2, 0) is 42.0 Å². The lowest BCUT2D eigenvalue weighted by Crippen LogP contribution is -2.48. The third-order valence-corrected chi connectivity index (χ3v) is 10.1. The highest BCUT2D eigenvalue weighted by Crippen LogP contribution is 2.33. The smallest absolute Gasteiger partial charge is 0.381 e. The number of aromatic nitrogens is 3. The molecule has 0 spiro atoms. The molecule has 0 bridgehead atoms. The van der Waals surface area contributed by atoms with Crippen molar-refractivity contribution in [1.29, 1.82) is 0 Å². The van der Waals surface area contributed by atoms with E-state index in [0.717, 1.165) is 70.9 Å². The Balaban J connectivity index is 1.23. The second-order valence-electron chi connectivity index (χ2n) is 13.9. The number of pyridine rings is 1. The fraction of sp³-hybridized carbons (Fsp3) is 0.513. The number of carbonyl (C=O) groups is 1. The van der Waals surface area contributed by atoms with Crippen LogP contribution in [0.5, 0.6) is 0 Å². The average molecular weight is 724 g/mol. The maximum absolute atomic E-state index is 15.3. The maximum Gasteiger partial charge on any atom is 0.471 e. The summed E-state index contributed by atoms with van der Waals surface area (Å²) in [5.41, 5.74) is 5.81. The predicted molar refractivity (Wildman–Crippen MR) is 194 cm³/mol. The van der Waals surface area contributed by atoms with E-state index in [1.165, 1.54) is 12.1 Å². The van der Waals surface area contributed by atoms with Gasteiger partial charge >= 0.3 is 12.1 Å². The number of halogens is 4. The Morgan fingerprint density at radius 3 is 2.65 bits per heavy atom. The van der Waals surface area contributed by atoms with Gasteiger partial charge in [-0.2, -0.15) is 18.3 Å². The number of amides is 1. The van der Waals surface area contributed by atoms with Crippen molar-refractivity contribution < 1.29 is 27.1 Å². The van der Waals surface area contributed by atoms with Crippen molar-refractivity contribution in [2.45, 2.75) is 90.8 Å². The average Bonchev–Trinajstić information content (AvgIpc) is 3.55. The Morgan fingerprint density at radius 2 is 1.92 bits per heavy atom. The lowest BCUT2D eigenvalue weighted by Gasteiger charge is -2.31. The zero-order valence-corrected chi connectivity index (χ0v) is 30.2. The minimum Gasteiger partial charge on any atom is -0.381 e. The molecule has 1 amide bonds. The molecular weight excluding hydrogens is 674 g/mol. The number of aryl methyl sites for hydroxylation is 2. The van der Waals surface area contributed by atoms with Gasteiger partial charge < -0.3 is 20.3 Å². The van der Waals surface area contributed by atoms with E-state index in [2.05, 4.69) is 27.6 Å². The molecule has 1 atom stereocenters. The molecule has 2 aromatic carbocycles. The van der Waals surface area contributed by atoms with Gasteiger partial charge in [0.05, 0.1) is 17.3 Å². The molecule has 2 aliphatic heterocycles. The summed E-state index contributed by atoms with van der Waals surface area (Å²) < 4.78 is 64.6. The first-order valence-electron chi connectivity index (χ1n) is 18.4. The molecule has 280 valence electrons. The van der Waals surface area contributed by atoms with Gasteiger partial charge in [-0.25, -0.2) is 14.1 Å². The Kier molecular flexibility index (Phi) is 12.1. The van der Waals surface area contributed by atoms with E-state index in [1.807, 2.05) is 36.7 Å². The summed E-state index contributed by atoms with van der Waals surface area (Å²) in [6.45, 7) is 11.1. The molecular formula is C39H49F4N7O2. The van der Waals surface area contributed by atoms with Crippen LogP contribution in [0.3, 0.4) is 0 Å². The van der Waals surface area contributed by atoms with E-state index in [9.17, 15) is 18.0 Å². The summed E-state index contributed by atoms with van der Waals surface area (Å²) in [5.74, 6) is -2.39. The standard InChI is InChI=1S/C39H49F4N7O2/c1-4-35-31(36(46-30-13-18-52-19-14-30)33-22-45-50(5-2)37(33)47-35)10-7-16-49(38(51)39(41,42)43)25-28-11-12-34(40)32(21-28)29-9-6-8-27(20-29)24-48-17-15-44-26(3)23-48/h6,8-9,11-12,20-22,26,30,44H,4-5,7,10,13-19,23-25H2,1-3H3,(H,46,47)/t26-/m0/s1. The fourth-order valence-corrected chi connectivity index (χ4v) is 7.42. The summed E-state index contributed by atoms with van der Waals surface area (Å²) in [5, 5.41) is 12.6. The number of carbonyl (C=O) groups excluding carboxylic acids is 1. The molecule has 52 heavy (non-hydrogen) atoms. The van der Waals surface area contributed by atoms with Gasteiger partial charge in [0.1, 0.15) is 5.82 Å². The molecule has 2 aliphatic rings. The predicted octanol–water partition coefficient (Wildman–Crippen LogP) is 6.73.